The molecule has 2 aliphatic rings. The molecule has 5 nitrogen and oxygen atoms in total. The molecule has 1 fully saturated rings. The van der Waals surface area contributed by atoms with Crippen molar-refractivity contribution in [1.29, 1.82) is 0 Å². The van der Waals surface area contributed by atoms with Gasteiger partial charge < -0.3 is 10.6 Å². The predicted octanol–water partition coefficient (Wildman–Crippen LogP) is 4.42. The molecule has 2 atom stereocenters. The Morgan fingerprint density at radius 2 is 2.12 bits per heavy atom. The van der Waals surface area contributed by atoms with Gasteiger partial charge in [-0.25, -0.2) is 0 Å². The van der Waals surface area contributed by atoms with Gasteiger partial charge in [0.05, 0.1) is 6.20 Å². The molecule has 1 aromatic rings. The van der Waals surface area contributed by atoms with E-state index < -0.39 is 0 Å². The molecule has 26 heavy (non-hydrogen) atoms. The van der Waals surface area contributed by atoms with Crippen molar-refractivity contribution < 1.29 is 4.79 Å². The number of nitrogens with zero attached hydrogens (tertiary/aromatic N) is 2. The Kier molecular flexibility index (Phi) is 6.38. The van der Waals surface area contributed by atoms with E-state index in [0.717, 1.165) is 31.5 Å². The Hall–Kier alpha value is -1.78. The molecule has 0 aliphatic heterocycles. The van der Waals surface area contributed by atoms with Gasteiger partial charge in [-0.05, 0) is 44.9 Å². The van der Waals surface area contributed by atoms with Gasteiger partial charge in [-0.1, -0.05) is 44.3 Å². The van der Waals surface area contributed by atoms with Crippen molar-refractivity contribution in [1.82, 2.24) is 15.1 Å². The van der Waals surface area contributed by atoms with Gasteiger partial charge in [0.25, 0.3) is 5.91 Å². The summed E-state index contributed by atoms with van der Waals surface area (Å²) in [6.45, 7) is 4.37. The maximum absolute atomic E-state index is 12.8. The summed E-state index contributed by atoms with van der Waals surface area (Å²) in [5, 5.41) is 11.3. The van der Waals surface area contributed by atoms with E-state index in [0.29, 0.717) is 17.5 Å². The zero-order chi connectivity index (χ0) is 18.5. The van der Waals surface area contributed by atoms with Crippen molar-refractivity contribution >= 4 is 11.7 Å². The zero-order valence-electron chi connectivity index (χ0n) is 16.6. The molecule has 1 amide bonds. The molecule has 2 N–H and O–H groups in total. The lowest BCUT2D eigenvalue weighted by molar-refractivity contribution is 0.0939. The molecule has 1 saturated carbocycles. The number of hydrogen-bond donors (Lipinski definition) is 2. The highest BCUT2D eigenvalue weighted by Crippen LogP contribution is 2.31. The highest BCUT2D eigenvalue weighted by Gasteiger charge is 2.27. The third-order valence-electron chi connectivity index (χ3n) is 5.98. The first-order chi connectivity index (χ1) is 12.6. The topological polar surface area (TPSA) is 59.0 Å². The summed E-state index contributed by atoms with van der Waals surface area (Å²) in [5.74, 6) is 1.57. The summed E-state index contributed by atoms with van der Waals surface area (Å²) >= 11 is 0. The molecule has 0 spiro atoms. The molecule has 1 aromatic heterocycles. The van der Waals surface area contributed by atoms with E-state index in [1.54, 1.807) is 6.20 Å². The van der Waals surface area contributed by atoms with Crippen molar-refractivity contribution in [2.75, 3.05) is 5.32 Å². The minimum absolute atomic E-state index is 0.00686. The van der Waals surface area contributed by atoms with Gasteiger partial charge in [0.2, 0.25) is 0 Å². The molecule has 0 aromatic carbocycles. The standard InChI is InChI=1S/C21H34N4O/c1-4-8-19(16-9-6-5-7-10-16)24-20-18(14-22-25(20)3)21(26)23-17-12-11-15(2)13-17/h11,14,16-17,19,24H,4-10,12-13H2,1-3H3,(H,23,26). The highest BCUT2D eigenvalue weighted by atomic mass is 16.1. The normalized spacial score (nSPS) is 22.1. The molecular weight excluding hydrogens is 324 g/mol. The molecule has 2 aliphatic carbocycles. The third-order valence-corrected chi connectivity index (χ3v) is 5.98. The number of aryl methyl sites for hydroxylation is 1. The number of rotatable bonds is 7. The van der Waals surface area contributed by atoms with Crippen LogP contribution in [0, 0.1) is 5.92 Å². The van der Waals surface area contributed by atoms with Gasteiger partial charge in [-0.2, -0.15) is 5.10 Å². The highest BCUT2D eigenvalue weighted by molar-refractivity contribution is 5.99. The number of amides is 1. The maximum Gasteiger partial charge on any atom is 0.256 e. The summed E-state index contributed by atoms with van der Waals surface area (Å²) in [6, 6.07) is 0.651. The van der Waals surface area contributed by atoms with Crippen molar-refractivity contribution in [2.24, 2.45) is 13.0 Å². The van der Waals surface area contributed by atoms with E-state index in [1.807, 2.05) is 11.7 Å². The van der Waals surface area contributed by atoms with Crippen LogP contribution in [0.15, 0.2) is 17.8 Å². The fourth-order valence-electron chi connectivity index (χ4n) is 4.50. The van der Waals surface area contributed by atoms with Crippen molar-refractivity contribution in [3.8, 4) is 0 Å². The molecule has 0 saturated heterocycles. The van der Waals surface area contributed by atoms with Gasteiger partial charge >= 0.3 is 0 Å². The number of carbonyl (C=O) groups excluding carboxylic acids is 1. The molecule has 2 unspecified atom stereocenters. The first-order valence-electron chi connectivity index (χ1n) is 10.3. The Balaban J connectivity index is 1.70. The molecular formula is C21H34N4O. The third kappa shape index (κ3) is 4.49. The number of hydrogen-bond acceptors (Lipinski definition) is 3. The van der Waals surface area contributed by atoms with Crippen LogP contribution >= 0.6 is 0 Å². The van der Waals surface area contributed by atoms with Crippen LogP contribution in [-0.4, -0.2) is 27.8 Å². The Morgan fingerprint density at radius 1 is 1.35 bits per heavy atom. The van der Waals surface area contributed by atoms with Gasteiger partial charge in [0.1, 0.15) is 11.4 Å². The Morgan fingerprint density at radius 3 is 2.77 bits per heavy atom. The minimum atomic E-state index is -0.00686. The second-order valence-electron chi connectivity index (χ2n) is 8.13. The monoisotopic (exact) mass is 358 g/mol. The summed E-state index contributed by atoms with van der Waals surface area (Å²) in [6.07, 6.45) is 14.7. The minimum Gasteiger partial charge on any atom is -0.367 e. The van der Waals surface area contributed by atoms with E-state index >= 15 is 0 Å². The van der Waals surface area contributed by atoms with Gasteiger partial charge in [0.15, 0.2) is 0 Å². The average molecular weight is 359 g/mol. The maximum atomic E-state index is 12.8. The van der Waals surface area contributed by atoms with Crippen LogP contribution in [-0.2, 0) is 7.05 Å². The summed E-state index contributed by atoms with van der Waals surface area (Å²) in [7, 11) is 1.92. The van der Waals surface area contributed by atoms with Crippen LogP contribution in [0.2, 0.25) is 0 Å². The molecule has 0 radical (unpaired) electrons. The van der Waals surface area contributed by atoms with Gasteiger partial charge in [0, 0.05) is 19.1 Å². The molecule has 3 rings (SSSR count). The zero-order valence-corrected chi connectivity index (χ0v) is 16.6. The van der Waals surface area contributed by atoms with Crippen LogP contribution in [0.1, 0.15) is 82.0 Å². The first-order valence-corrected chi connectivity index (χ1v) is 10.3. The van der Waals surface area contributed by atoms with E-state index in [4.69, 9.17) is 0 Å². The number of carbonyl (C=O) groups is 1. The lowest BCUT2D eigenvalue weighted by Crippen LogP contribution is -2.35. The second-order valence-corrected chi connectivity index (χ2v) is 8.13. The van der Waals surface area contributed by atoms with Gasteiger partial charge in [-0.15, -0.1) is 0 Å². The Labute approximate surface area is 157 Å². The largest absolute Gasteiger partial charge is 0.367 e. The first kappa shape index (κ1) is 19.0. The SMILES string of the molecule is CCCC(Nc1c(C(=O)NC2CC=C(C)C2)cnn1C)C1CCCCC1. The summed E-state index contributed by atoms with van der Waals surface area (Å²) < 4.78 is 1.82. The van der Waals surface area contributed by atoms with Crippen molar-refractivity contribution in [3.05, 3.63) is 23.4 Å². The fraction of sp³-hybridized carbons (Fsp3) is 0.714. The van der Waals surface area contributed by atoms with E-state index in [1.165, 1.54) is 37.7 Å². The van der Waals surface area contributed by atoms with E-state index in [2.05, 4.69) is 35.7 Å². The average Bonchev–Trinajstić information content (AvgIpc) is 3.21. The molecule has 1 heterocycles. The number of nitrogens with one attached hydrogen (secondary N) is 2. The molecule has 0 bridgehead atoms. The van der Waals surface area contributed by atoms with Crippen LogP contribution in [0.25, 0.3) is 0 Å². The fourth-order valence-corrected chi connectivity index (χ4v) is 4.50. The number of anilines is 1. The van der Waals surface area contributed by atoms with E-state index in [-0.39, 0.29) is 11.9 Å². The molecule has 5 heteroatoms. The van der Waals surface area contributed by atoms with Crippen molar-refractivity contribution in [2.45, 2.75) is 83.7 Å². The van der Waals surface area contributed by atoms with Crippen LogP contribution in [0.4, 0.5) is 5.82 Å². The predicted molar refractivity (Wildman–Crippen MR) is 106 cm³/mol. The van der Waals surface area contributed by atoms with Crippen molar-refractivity contribution in [3.63, 3.8) is 0 Å². The smallest absolute Gasteiger partial charge is 0.256 e. The van der Waals surface area contributed by atoms with Crippen LogP contribution < -0.4 is 10.6 Å². The van der Waals surface area contributed by atoms with Gasteiger partial charge in [-0.3, -0.25) is 9.48 Å². The second kappa shape index (κ2) is 8.74. The van der Waals surface area contributed by atoms with E-state index in [9.17, 15) is 4.79 Å². The summed E-state index contributed by atoms with van der Waals surface area (Å²) in [4.78, 5) is 12.8. The lowest BCUT2D eigenvalue weighted by Gasteiger charge is -2.31. The van der Waals surface area contributed by atoms with Crippen LogP contribution in [0.5, 0.6) is 0 Å². The summed E-state index contributed by atoms with van der Waals surface area (Å²) in [5.41, 5.74) is 2.04. The Bertz CT molecular complexity index is 642. The quantitative estimate of drug-likeness (QED) is 0.709. The van der Waals surface area contributed by atoms with Crippen LogP contribution in [0.3, 0.4) is 0 Å². The lowest BCUT2D eigenvalue weighted by atomic mass is 9.82. The molecule has 144 valence electrons. The number of aromatic nitrogens is 2.